The second kappa shape index (κ2) is 7.43. The van der Waals surface area contributed by atoms with E-state index in [-0.39, 0.29) is 6.54 Å². The number of imide groups is 1. The first-order valence-corrected chi connectivity index (χ1v) is 9.46. The largest absolute Gasteiger partial charge is 0.361 e. The van der Waals surface area contributed by atoms with E-state index in [1.165, 1.54) is 0 Å². The molecule has 2 heterocycles. The Hall–Kier alpha value is -3.61. The first-order valence-electron chi connectivity index (χ1n) is 9.46. The van der Waals surface area contributed by atoms with Crippen LogP contribution in [0.1, 0.15) is 16.7 Å². The van der Waals surface area contributed by atoms with E-state index in [1.807, 2.05) is 62.5 Å². The molecule has 1 aliphatic heterocycles. The van der Waals surface area contributed by atoms with Gasteiger partial charge in [-0.05, 0) is 37.1 Å². The highest BCUT2D eigenvalue weighted by molar-refractivity contribution is 6.08. The van der Waals surface area contributed by atoms with Gasteiger partial charge in [0.2, 0.25) is 5.91 Å². The fourth-order valence-electron chi connectivity index (χ4n) is 3.67. The van der Waals surface area contributed by atoms with Crippen molar-refractivity contribution in [3.8, 4) is 0 Å². The van der Waals surface area contributed by atoms with Crippen molar-refractivity contribution in [2.75, 3.05) is 11.9 Å². The van der Waals surface area contributed by atoms with Crippen LogP contribution < -0.4 is 10.6 Å². The first kappa shape index (κ1) is 18.7. The van der Waals surface area contributed by atoms with Crippen LogP contribution in [0.25, 0.3) is 10.9 Å². The van der Waals surface area contributed by atoms with E-state index in [9.17, 15) is 14.4 Å². The van der Waals surface area contributed by atoms with Gasteiger partial charge in [0.25, 0.3) is 5.91 Å². The molecular formula is C22H22N4O3. The van der Waals surface area contributed by atoms with Crippen molar-refractivity contribution in [1.29, 1.82) is 0 Å². The number of para-hydroxylation sites is 1. The summed E-state index contributed by atoms with van der Waals surface area (Å²) in [5.74, 6) is -0.802. The minimum atomic E-state index is -0.685. The molecule has 7 heteroatoms. The van der Waals surface area contributed by atoms with E-state index in [2.05, 4.69) is 15.6 Å². The Morgan fingerprint density at radius 3 is 2.72 bits per heavy atom. The molecule has 1 fully saturated rings. The number of anilines is 1. The number of hydrogen-bond donors (Lipinski definition) is 3. The van der Waals surface area contributed by atoms with Crippen molar-refractivity contribution in [3.05, 3.63) is 65.4 Å². The Bertz CT molecular complexity index is 1120. The molecule has 0 saturated carbocycles. The van der Waals surface area contributed by atoms with Crippen LogP contribution in [0.2, 0.25) is 0 Å². The predicted molar refractivity (Wildman–Crippen MR) is 111 cm³/mol. The van der Waals surface area contributed by atoms with Crippen LogP contribution >= 0.6 is 0 Å². The number of carbonyl (C=O) groups excluding carboxylic acids is 3. The lowest BCUT2D eigenvalue weighted by molar-refractivity contribution is -0.130. The number of rotatable bonds is 5. The number of amides is 4. The summed E-state index contributed by atoms with van der Waals surface area (Å²) in [4.78, 5) is 41.6. The SMILES string of the molecule is Cc1ccc(NC(=O)CN2C(=O)N[C@@H](Cc3c[nH]c4ccccc34)C2=O)c(C)c1. The average molecular weight is 390 g/mol. The highest BCUT2D eigenvalue weighted by atomic mass is 16.2. The third-order valence-corrected chi connectivity index (χ3v) is 5.16. The van der Waals surface area contributed by atoms with Crippen LogP contribution in [0.3, 0.4) is 0 Å². The molecule has 0 spiro atoms. The first-order chi connectivity index (χ1) is 13.9. The number of urea groups is 1. The van der Waals surface area contributed by atoms with E-state index in [1.54, 1.807) is 0 Å². The zero-order chi connectivity index (χ0) is 20.5. The lowest BCUT2D eigenvalue weighted by Crippen LogP contribution is -2.38. The lowest BCUT2D eigenvalue weighted by atomic mass is 10.1. The van der Waals surface area contributed by atoms with Gasteiger partial charge in [0, 0.05) is 29.2 Å². The third kappa shape index (κ3) is 3.71. The molecule has 29 heavy (non-hydrogen) atoms. The molecule has 3 N–H and O–H groups in total. The molecule has 4 amide bonds. The number of carbonyl (C=O) groups is 3. The minimum Gasteiger partial charge on any atom is -0.361 e. The number of nitrogens with zero attached hydrogens (tertiary/aromatic N) is 1. The summed E-state index contributed by atoms with van der Waals surface area (Å²) < 4.78 is 0. The molecule has 0 bridgehead atoms. The number of fused-ring (bicyclic) bond motifs is 1. The van der Waals surface area contributed by atoms with Gasteiger partial charge in [0.1, 0.15) is 12.6 Å². The van der Waals surface area contributed by atoms with Gasteiger partial charge >= 0.3 is 6.03 Å². The smallest absolute Gasteiger partial charge is 0.325 e. The van der Waals surface area contributed by atoms with Gasteiger partial charge in [-0.25, -0.2) is 4.79 Å². The number of aromatic nitrogens is 1. The van der Waals surface area contributed by atoms with Crippen LogP contribution in [0.5, 0.6) is 0 Å². The molecule has 148 valence electrons. The van der Waals surface area contributed by atoms with Crippen molar-refractivity contribution >= 4 is 34.4 Å². The quantitative estimate of drug-likeness (QED) is 0.585. The fourth-order valence-corrected chi connectivity index (χ4v) is 3.67. The Labute approximate surface area is 168 Å². The molecule has 0 aliphatic carbocycles. The monoisotopic (exact) mass is 390 g/mol. The Morgan fingerprint density at radius 2 is 1.93 bits per heavy atom. The Kier molecular flexibility index (Phi) is 4.80. The topological polar surface area (TPSA) is 94.3 Å². The van der Waals surface area contributed by atoms with Crippen LogP contribution in [0, 0.1) is 13.8 Å². The average Bonchev–Trinajstić information content (AvgIpc) is 3.21. The summed E-state index contributed by atoms with van der Waals surface area (Å²) in [6.45, 7) is 3.55. The van der Waals surface area contributed by atoms with E-state index in [0.29, 0.717) is 12.1 Å². The lowest BCUT2D eigenvalue weighted by Gasteiger charge is -2.14. The van der Waals surface area contributed by atoms with Crippen molar-refractivity contribution in [2.24, 2.45) is 0 Å². The van der Waals surface area contributed by atoms with E-state index in [0.717, 1.165) is 32.5 Å². The van der Waals surface area contributed by atoms with Gasteiger partial charge in [0.05, 0.1) is 0 Å². The zero-order valence-corrected chi connectivity index (χ0v) is 16.3. The van der Waals surface area contributed by atoms with Crippen molar-refractivity contribution in [2.45, 2.75) is 26.3 Å². The normalized spacial score (nSPS) is 16.3. The van der Waals surface area contributed by atoms with Gasteiger partial charge < -0.3 is 15.6 Å². The fraction of sp³-hybridized carbons (Fsp3) is 0.227. The summed E-state index contributed by atoms with van der Waals surface area (Å²) in [6, 6.07) is 12.2. The molecule has 7 nitrogen and oxygen atoms in total. The van der Waals surface area contributed by atoms with Crippen molar-refractivity contribution in [1.82, 2.24) is 15.2 Å². The Morgan fingerprint density at radius 1 is 1.14 bits per heavy atom. The number of nitrogens with one attached hydrogen (secondary N) is 3. The molecule has 2 aromatic carbocycles. The number of H-pyrrole nitrogens is 1. The van der Waals surface area contributed by atoms with Gasteiger partial charge in [-0.15, -0.1) is 0 Å². The van der Waals surface area contributed by atoms with Crippen LogP contribution in [0.4, 0.5) is 10.5 Å². The maximum absolute atomic E-state index is 12.7. The second-order valence-electron chi connectivity index (χ2n) is 7.36. The zero-order valence-electron chi connectivity index (χ0n) is 16.3. The third-order valence-electron chi connectivity index (χ3n) is 5.16. The second-order valence-corrected chi connectivity index (χ2v) is 7.36. The van der Waals surface area contributed by atoms with Crippen molar-refractivity contribution in [3.63, 3.8) is 0 Å². The number of hydrogen-bond acceptors (Lipinski definition) is 3. The van der Waals surface area contributed by atoms with Crippen LogP contribution in [-0.2, 0) is 16.0 Å². The number of aryl methyl sites for hydroxylation is 2. The molecule has 0 radical (unpaired) electrons. The number of aromatic amines is 1. The summed E-state index contributed by atoms with van der Waals surface area (Å²) in [5.41, 5.74) is 4.61. The maximum atomic E-state index is 12.7. The van der Waals surface area contributed by atoms with Crippen LogP contribution in [0.15, 0.2) is 48.7 Å². The van der Waals surface area contributed by atoms with Gasteiger partial charge in [-0.2, -0.15) is 0 Å². The molecule has 0 unspecified atom stereocenters. The highest BCUT2D eigenvalue weighted by Crippen LogP contribution is 2.21. The van der Waals surface area contributed by atoms with Crippen LogP contribution in [-0.4, -0.2) is 40.3 Å². The highest BCUT2D eigenvalue weighted by Gasteiger charge is 2.39. The van der Waals surface area contributed by atoms with Crippen molar-refractivity contribution < 1.29 is 14.4 Å². The Balaban J connectivity index is 1.43. The summed E-state index contributed by atoms with van der Waals surface area (Å²) in [7, 11) is 0. The number of benzene rings is 2. The van der Waals surface area contributed by atoms with Gasteiger partial charge in [-0.3, -0.25) is 14.5 Å². The molecule has 1 saturated heterocycles. The molecule has 3 aromatic rings. The molecular weight excluding hydrogens is 368 g/mol. The standard InChI is InChI=1S/C22H22N4O3/c1-13-7-8-17(14(2)9-13)24-20(27)12-26-21(28)19(25-22(26)29)10-15-11-23-18-6-4-3-5-16(15)18/h3-9,11,19,23H,10,12H2,1-2H3,(H,24,27)(H,25,29)/t19-/m0/s1. The predicted octanol–water partition coefficient (Wildman–Crippen LogP) is 2.89. The van der Waals surface area contributed by atoms with E-state index >= 15 is 0 Å². The van der Waals surface area contributed by atoms with E-state index in [4.69, 9.17) is 0 Å². The molecule has 4 rings (SSSR count). The van der Waals surface area contributed by atoms with Gasteiger partial charge in [0.15, 0.2) is 0 Å². The minimum absolute atomic E-state index is 0.317. The maximum Gasteiger partial charge on any atom is 0.325 e. The summed E-state index contributed by atoms with van der Waals surface area (Å²) in [5, 5.41) is 6.47. The summed E-state index contributed by atoms with van der Waals surface area (Å²) in [6.07, 6.45) is 2.21. The van der Waals surface area contributed by atoms with Gasteiger partial charge in [-0.1, -0.05) is 35.9 Å². The summed E-state index contributed by atoms with van der Waals surface area (Å²) >= 11 is 0. The van der Waals surface area contributed by atoms with E-state index < -0.39 is 23.9 Å². The molecule has 1 aliphatic rings. The molecule has 1 aromatic heterocycles. The molecule has 1 atom stereocenters.